The second kappa shape index (κ2) is 15.5. The highest BCUT2D eigenvalue weighted by Crippen LogP contribution is 2.34. The quantitative estimate of drug-likeness (QED) is 0.0485. The van der Waals surface area contributed by atoms with Gasteiger partial charge in [-0.2, -0.15) is 0 Å². The number of aliphatic hydroxyl groups excluding tert-OH is 4. The number of nitrogens with zero attached hydrogens (tertiary/aromatic N) is 9. The lowest BCUT2D eigenvalue weighted by atomic mass is 10.1. The first kappa shape index (κ1) is 36.5. The molecule has 4 aromatic rings. The third-order valence-corrected chi connectivity index (χ3v) is 8.53. The van der Waals surface area contributed by atoms with E-state index in [1.54, 1.807) is 0 Å². The van der Waals surface area contributed by atoms with Crippen LogP contribution in [0.5, 0.6) is 0 Å². The number of hydrogen-bond acceptors (Lipinski definition) is 18. The average Bonchev–Trinajstić information content (AvgIpc) is 3.85. The van der Waals surface area contributed by atoms with Crippen molar-refractivity contribution in [1.29, 1.82) is 0 Å². The van der Waals surface area contributed by atoms with Gasteiger partial charge in [-0.25, -0.2) is 34.7 Å². The number of hydrogen-bond donors (Lipinski definition) is 10. The summed E-state index contributed by atoms with van der Waals surface area (Å²) in [6.45, 7) is -0.277. The highest BCUT2D eigenvalue weighted by atomic mass is 16.6. The first-order valence-electron chi connectivity index (χ1n) is 16.1. The van der Waals surface area contributed by atoms with Crippen molar-refractivity contribution in [2.24, 2.45) is 5.73 Å². The van der Waals surface area contributed by atoms with Gasteiger partial charge in [0.1, 0.15) is 54.8 Å². The number of aliphatic carboxylic acids is 1. The molecule has 2 amide bonds. The number of urea groups is 1. The van der Waals surface area contributed by atoms with Gasteiger partial charge in [0.15, 0.2) is 46.7 Å². The highest BCUT2D eigenvalue weighted by Gasteiger charge is 2.46. The minimum absolute atomic E-state index is 0.00000722. The van der Waals surface area contributed by atoms with Crippen molar-refractivity contribution >= 4 is 46.0 Å². The van der Waals surface area contributed by atoms with Crippen molar-refractivity contribution in [3.05, 3.63) is 24.8 Å². The first-order chi connectivity index (χ1) is 25.0. The molecule has 2 fully saturated rings. The maximum atomic E-state index is 12.1. The molecule has 278 valence electrons. The summed E-state index contributed by atoms with van der Waals surface area (Å²) in [5.41, 5.74) is 18.2. The lowest BCUT2D eigenvalue weighted by Crippen LogP contribution is -2.44. The Balaban J connectivity index is 1.20. The van der Waals surface area contributed by atoms with Crippen LogP contribution >= 0.6 is 0 Å². The normalized spacial score (nSPS) is 25.8. The van der Waals surface area contributed by atoms with Crippen LogP contribution in [0.25, 0.3) is 22.3 Å². The average molecular weight is 727 g/mol. The largest absolute Gasteiger partial charge is 0.480 e. The third kappa shape index (κ3) is 7.35. The van der Waals surface area contributed by atoms with Crippen molar-refractivity contribution in [1.82, 2.24) is 54.6 Å². The Labute approximate surface area is 293 Å². The van der Waals surface area contributed by atoms with Crippen LogP contribution in [0.4, 0.5) is 16.4 Å². The molecule has 0 bridgehead atoms. The van der Waals surface area contributed by atoms with E-state index in [0.29, 0.717) is 19.5 Å². The fourth-order valence-corrected chi connectivity index (χ4v) is 5.95. The molecule has 6 rings (SSSR count). The van der Waals surface area contributed by atoms with E-state index >= 15 is 0 Å². The smallest absolute Gasteiger partial charge is 0.317 e. The summed E-state index contributed by atoms with van der Waals surface area (Å²) in [5.74, 6) is 4.58. The summed E-state index contributed by atoms with van der Waals surface area (Å²) in [4.78, 5) is 50.1. The van der Waals surface area contributed by atoms with Gasteiger partial charge in [0.2, 0.25) is 0 Å². The number of nitrogen functional groups attached to an aromatic ring is 2. The van der Waals surface area contributed by atoms with Crippen LogP contribution in [0.15, 0.2) is 19.0 Å². The standard InChI is InChI=1S/C29H38N14O9/c30-4-2-5-33-29(50)34-7-13-19(46)22(49)28(51-13)43-15(40-18-24(32)36-11-38-26(18)43)3-1-6-41(9-16(44)45)8-14-20(47)21(48)27(52-14)42-12-39-17-23(31)35-10-37-25(17)42/h10-14,19-22,27-28,46-49H,2,4-9,30H2,(H,44,45)(H2,31,35,37)(H2,32,36,38)(H2,33,34,50)/t13-,14-,19-,20-,21-,22-,27-,28-/m1/s1. The van der Waals surface area contributed by atoms with Crippen LogP contribution in [0.2, 0.25) is 0 Å². The van der Waals surface area contributed by atoms with Crippen LogP contribution in [0.3, 0.4) is 0 Å². The zero-order valence-corrected chi connectivity index (χ0v) is 27.4. The van der Waals surface area contributed by atoms with Crippen LogP contribution < -0.4 is 27.8 Å². The van der Waals surface area contributed by atoms with Crippen molar-refractivity contribution in [3.63, 3.8) is 0 Å². The molecular weight excluding hydrogens is 688 g/mol. The number of aliphatic hydroxyl groups is 4. The minimum Gasteiger partial charge on any atom is -0.480 e. The number of rotatable bonds is 12. The Morgan fingerprint density at radius 2 is 1.56 bits per heavy atom. The van der Waals surface area contributed by atoms with Gasteiger partial charge in [-0.1, -0.05) is 5.92 Å². The number of nitrogens with one attached hydrogen (secondary N) is 2. The summed E-state index contributed by atoms with van der Waals surface area (Å²) in [5, 5.41) is 58.4. The number of carbonyl (C=O) groups is 2. The zero-order chi connectivity index (χ0) is 37.1. The van der Waals surface area contributed by atoms with Gasteiger partial charge >= 0.3 is 12.0 Å². The molecule has 23 nitrogen and oxygen atoms in total. The van der Waals surface area contributed by atoms with Gasteiger partial charge in [0, 0.05) is 19.6 Å². The number of carboxylic acids is 1. The Bertz CT molecular complexity index is 1980. The van der Waals surface area contributed by atoms with E-state index < -0.39 is 67.6 Å². The molecule has 0 radical (unpaired) electrons. The number of carboxylic acid groups (broad SMARTS) is 1. The summed E-state index contributed by atoms with van der Waals surface area (Å²) >= 11 is 0. The molecule has 6 heterocycles. The van der Waals surface area contributed by atoms with Gasteiger partial charge in [-0.05, 0) is 18.9 Å². The minimum atomic E-state index is -1.51. The summed E-state index contributed by atoms with van der Waals surface area (Å²) < 4.78 is 14.7. The van der Waals surface area contributed by atoms with Crippen LogP contribution in [-0.4, -0.2) is 157 Å². The monoisotopic (exact) mass is 726 g/mol. The molecule has 0 spiro atoms. The SMILES string of the molecule is NCCCNC(=O)NC[C@H]1O[C@@H](n2c(C#CCN(CC(=O)O)C[C@H]3O[C@@H](n4cnc5c(N)ncnc54)[C@H](O)[C@@H]3O)nc3c(N)ncnc32)[C@H](O)[C@@H]1O. The van der Waals surface area contributed by atoms with Crippen molar-refractivity contribution in [2.75, 3.05) is 50.7 Å². The van der Waals surface area contributed by atoms with Gasteiger partial charge < -0.3 is 62.8 Å². The van der Waals surface area contributed by atoms with E-state index in [-0.39, 0.29) is 59.4 Å². The first-order valence-corrected chi connectivity index (χ1v) is 16.1. The molecule has 2 saturated heterocycles. The molecule has 4 aromatic heterocycles. The van der Waals surface area contributed by atoms with Gasteiger partial charge in [-0.15, -0.1) is 0 Å². The van der Waals surface area contributed by atoms with E-state index in [4.69, 9.17) is 26.7 Å². The molecule has 52 heavy (non-hydrogen) atoms. The van der Waals surface area contributed by atoms with Crippen LogP contribution in [0.1, 0.15) is 24.7 Å². The fraction of sp³-hybridized carbons (Fsp3) is 0.517. The number of fused-ring (bicyclic) bond motifs is 2. The number of amides is 2. The molecule has 0 unspecified atom stereocenters. The van der Waals surface area contributed by atoms with E-state index in [1.807, 2.05) is 0 Å². The topological polar surface area (TPSA) is 346 Å². The van der Waals surface area contributed by atoms with Crippen LogP contribution in [0, 0.1) is 11.8 Å². The molecular formula is C29H38N14O9. The number of ether oxygens (including phenoxy) is 2. The Morgan fingerprint density at radius 1 is 0.885 bits per heavy atom. The number of nitrogens with two attached hydrogens (primary N) is 3. The molecule has 0 aliphatic carbocycles. The molecule has 0 saturated carbocycles. The van der Waals surface area contributed by atoms with Gasteiger partial charge in [0.05, 0.1) is 19.4 Å². The summed E-state index contributed by atoms with van der Waals surface area (Å²) in [6, 6.07) is -0.510. The molecule has 0 aromatic carbocycles. The van der Waals surface area contributed by atoms with Gasteiger partial charge in [0.25, 0.3) is 0 Å². The van der Waals surface area contributed by atoms with E-state index in [9.17, 15) is 35.1 Å². The maximum absolute atomic E-state index is 12.1. The Hall–Kier alpha value is -5.32. The molecule has 13 N–H and O–H groups in total. The summed E-state index contributed by atoms with van der Waals surface area (Å²) in [7, 11) is 0. The molecule has 23 heteroatoms. The number of imidazole rings is 2. The van der Waals surface area contributed by atoms with Gasteiger partial charge in [-0.3, -0.25) is 18.8 Å². The van der Waals surface area contributed by atoms with E-state index in [1.165, 1.54) is 33.0 Å². The lowest BCUT2D eigenvalue weighted by molar-refractivity contribution is -0.138. The van der Waals surface area contributed by atoms with Crippen LogP contribution in [-0.2, 0) is 14.3 Å². The molecule has 2 aliphatic heterocycles. The zero-order valence-electron chi connectivity index (χ0n) is 27.4. The Morgan fingerprint density at radius 3 is 2.29 bits per heavy atom. The number of anilines is 2. The third-order valence-electron chi connectivity index (χ3n) is 8.53. The van der Waals surface area contributed by atoms with Crippen molar-refractivity contribution < 1.29 is 44.6 Å². The van der Waals surface area contributed by atoms with E-state index in [0.717, 1.165) is 0 Å². The predicted octanol–water partition coefficient (Wildman–Crippen LogP) is -4.54. The Kier molecular flexibility index (Phi) is 10.9. The summed E-state index contributed by atoms with van der Waals surface area (Å²) in [6.07, 6.45) is -5.99. The maximum Gasteiger partial charge on any atom is 0.317 e. The second-order valence-corrected chi connectivity index (χ2v) is 12.1. The predicted molar refractivity (Wildman–Crippen MR) is 177 cm³/mol. The number of carbonyl (C=O) groups excluding carboxylic acids is 1. The van der Waals surface area contributed by atoms with Crippen molar-refractivity contribution in [3.8, 4) is 11.8 Å². The second-order valence-electron chi connectivity index (χ2n) is 12.1. The number of aromatic nitrogens is 8. The van der Waals surface area contributed by atoms with E-state index in [2.05, 4.69) is 52.4 Å². The van der Waals surface area contributed by atoms with Crippen molar-refractivity contribution in [2.45, 2.75) is 55.5 Å². The fourth-order valence-electron chi connectivity index (χ4n) is 5.95. The highest BCUT2D eigenvalue weighted by molar-refractivity contribution is 5.83. The molecule has 2 aliphatic rings. The lowest BCUT2D eigenvalue weighted by Gasteiger charge is -2.23. The molecule has 8 atom stereocenters.